The molecule has 0 aromatic carbocycles. The molecule has 1 fully saturated rings. The van der Waals surface area contributed by atoms with E-state index in [0.717, 1.165) is 19.4 Å². The Morgan fingerprint density at radius 3 is 2.53 bits per heavy atom. The Morgan fingerprint density at radius 1 is 1.27 bits per heavy atom. The maximum atomic E-state index is 11.0. The van der Waals surface area contributed by atoms with Crippen molar-refractivity contribution in [3.05, 3.63) is 0 Å². The number of amides is 1. The lowest BCUT2D eigenvalue weighted by Crippen LogP contribution is -2.30. The molecule has 0 atom stereocenters. The summed E-state index contributed by atoms with van der Waals surface area (Å²) >= 11 is 10.8. The largest absolute Gasteiger partial charge is 0.354 e. The van der Waals surface area contributed by atoms with Crippen LogP contribution in [0.2, 0.25) is 0 Å². The maximum Gasteiger partial charge on any atom is 0.253 e. The number of hydrogen-bond donors (Lipinski definition) is 1. The predicted octanol–water partition coefficient (Wildman–Crippen LogP) is 1.78. The molecule has 1 saturated heterocycles. The normalized spacial score (nSPS) is 17.3. The first kappa shape index (κ1) is 13.1. The van der Waals surface area contributed by atoms with Crippen LogP contribution >= 0.6 is 23.2 Å². The first-order chi connectivity index (χ1) is 7.20. The van der Waals surface area contributed by atoms with Crippen molar-refractivity contribution in [2.24, 2.45) is 0 Å². The fraction of sp³-hybridized carbons (Fsp3) is 0.900. The van der Waals surface area contributed by atoms with E-state index in [9.17, 15) is 4.79 Å². The second-order valence-corrected chi connectivity index (χ2v) is 4.94. The monoisotopic (exact) mass is 252 g/mol. The smallest absolute Gasteiger partial charge is 0.253 e. The molecule has 15 heavy (non-hydrogen) atoms. The van der Waals surface area contributed by atoms with Gasteiger partial charge < -0.3 is 10.2 Å². The third-order valence-corrected chi connectivity index (χ3v) is 2.99. The Hall–Kier alpha value is 0.01000. The van der Waals surface area contributed by atoms with Gasteiger partial charge in [0.25, 0.3) is 5.91 Å². The van der Waals surface area contributed by atoms with Crippen molar-refractivity contribution in [2.45, 2.75) is 30.5 Å². The van der Waals surface area contributed by atoms with Crippen molar-refractivity contribution in [2.75, 3.05) is 26.2 Å². The van der Waals surface area contributed by atoms with Gasteiger partial charge in [0.15, 0.2) is 4.84 Å². The molecule has 1 aliphatic heterocycles. The lowest BCUT2D eigenvalue weighted by molar-refractivity contribution is -0.119. The summed E-state index contributed by atoms with van der Waals surface area (Å²) in [5.41, 5.74) is 0. The summed E-state index contributed by atoms with van der Waals surface area (Å²) in [6.45, 7) is 4.28. The van der Waals surface area contributed by atoms with Gasteiger partial charge in [0.1, 0.15) is 0 Å². The van der Waals surface area contributed by atoms with Crippen molar-refractivity contribution in [1.29, 1.82) is 0 Å². The molecule has 1 N–H and O–H groups in total. The van der Waals surface area contributed by atoms with Crippen molar-refractivity contribution < 1.29 is 4.79 Å². The number of carbonyl (C=O) groups is 1. The number of halogens is 2. The molecule has 1 heterocycles. The lowest BCUT2D eigenvalue weighted by atomic mass is 10.3. The van der Waals surface area contributed by atoms with Gasteiger partial charge in [-0.3, -0.25) is 4.79 Å². The summed E-state index contributed by atoms with van der Waals surface area (Å²) in [7, 11) is 0. The van der Waals surface area contributed by atoms with E-state index >= 15 is 0 Å². The zero-order valence-corrected chi connectivity index (χ0v) is 10.4. The standard InChI is InChI=1S/C10H18Cl2N2O/c11-9(12)10(15)13-5-1-2-6-14-7-3-4-8-14/h9H,1-8H2,(H,13,15). The van der Waals surface area contributed by atoms with Crippen LogP contribution in [0.25, 0.3) is 0 Å². The summed E-state index contributed by atoms with van der Waals surface area (Å²) in [4.78, 5) is 12.5. The van der Waals surface area contributed by atoms with Crippen LogP contribution in [0.15, 0.2) is 0 Å². The molecule has 5 heteroatoms. The van der Waals surface area contributed by atoms with Gasteiger partial charge in [-0.05, 0) is 45.3 Å². The maximum absolute atomic E-state index is 11.0. The fourth-order valence-corrected chi connectivity index (χ4v) is 1.91. The highest BCUT2D eigenvalue weighted by Gasteiger charge is 2.11. The molecule has 0 aromatic heterocycles. The molecule has 0 spiro atoms. The van der Waals surface area contributed by atoms with E-state index in [1.165, 1.54) is 25.9 Å². The van der Waals surface area contributed by atoms with E-state index in [0.29, 0.717) is 6.54 Å². The minimum absolute atomic E-state index is 0.292. The molecular weight excluding hydrogens is 235 g/mol. The Bertz CT molecular complexity index is 194. The number of alkyl halides is 2. The molecule has 1 rings (SSSR count). The van der Waals surface area contributed by atoms with Gasteiger partial charge in [0, 0.05) is 6.54 Å². The van der Waals surface area contributed by atoms with Crippen LogP contribution in [0, 0.1) is 0 Å². The predicted molar refractivity (Wildman–Crippen MR) is 63.4 cm³/mol. The van der Waals surface area contributed by atoms with Gasteiger partial charge in [0.2, 0.25) is 0 Å². The molecule has 0 bridgehead atoms. The third kappa shape index (κ3) is 5.59. The first-order valence-corrected chi connectivity index (χ1v) is 6.35. The lowest BCUT2D eigenvalue weighted by Gasteiger charge is -2.14. The SMILES string of the molecule is O=C(NCCCCN1CCCC1)C(Cl)Cl. The van der Waals surface area contributed by atoms with Crippen LogP contribution in [-0.2, 0) is 4.79 Å². The van der Waals surface area contributed by atoms with Crippen LogP contribution in [0.5, 0.6) is 0 Å². The van der Waals surface area contributed by atoms with E-state index in [1.54, 1.807) is 0 Å². The summed E-state index contributed by atoms with van der Waals surface area (Å²) in [5, 5.41) is 2.69. The summed E-state index contributed by atoms with van der Waals surface area (Å²) in [6.07, 6.45) is 4.77. The van der Waals surface area contributed by atoms with Crippen molar-refractivity contribution in [3.8, 4) is 0 Å². The second-order valence-electron chi connectivity index (χ2n) is 3.85. The van der Waals surface area contributed by atoms with Crippen LogP contribution in [0.1, 0.15) is 25.7 Å². The van der Waals surface area contributed by atoms with Crippen molar-refractivity contribution in [1.82, 2.24) is 10.2 Å². The number of carbonyl (C=O) groups excluding carboxylic acids is 1. The minimum Gasteiger partial charge on any atom is -0.354 e. The number of hydrogen-bond acceptors (Lipinski definition) is 2. The zero-order valence-electron chi connectivity index (χ0n) is 8.85. The quantitative estimate of drug-likeness (QED) is 0.578. The molecular formula is C10H18Cl2N2O. The zero-order chi connectivity index (χ0) is 11.1. The molecule has 1 amide bonds. The summed E-state index contributed by atoms with van der Waals surface area (Å²) < 4.78 is 0. The Balaban J connectivity index is 1.90. The molecule has 0 radical (unpaired) electrons. The molecule has 0 saturated carbocycles. The molecule has 3 nitrogen and oxygen atoms in total. The van der Waals surface area contributed by atoms with E-state index in [2.05, 4.69) is 10.2 Å². The number of rotatable bonds is 6. The van der Waals surface area contributed by atoms with Gasteiger partial charge in [-0.1, -0.05) is 23.2 Å². The average Bonchev–Trinajstić information content (AvgIpc) is 2.69. The Labute approximate surface area is 101 Å². The van der Waals surface area contributed by atoms with E-state index in [4.69, 9.17) is 23.2 Å². The first-order valence-electron chi connectivity index (χ1n) is 5.48. The van der Waals surface area contributed by atoms with Crippen molar-refractivity contribution in [3.63, 3.8) is 0 Å². The van der Waals surface area contributed by atoms with Gasteiger partial charge in [-0.2, -0.15) is 0 Å². The van der Waals surface area contributed by atoms with Crippen LogP contribution in [-0.4, -0.2) is 41.8 Å². The van der Waals surface area contributed by atoms with Gasteiger partial charge >= 0.3 is 0 Å². The van der Waals surface area contributed by atoms with Gasteiger partial charge in [-0.25, -0.2) is 0 Å². The van der Waals surface area contributed by atoms with Crippen LogP contribution in [0.3, 0.4) is 0 Å². The van der Waals surface area contributed by atoms with Gasteiger partial charge in [-0.15, -0.1) is 0 Å². The Kier molecular flexibility index (Phi) is 6.37. The van der Waals surface area contributed by atoms with E-state index < -0.39 is 4.84 Å². The fourth-order valence-electron chi connectivity index (χ4n) is 1.76. The average molecular weight is 253 g/mol. The Morgan fingerprint density at radius 2 is 1.93 bits per heavy atom. The number of likely N-dealkylation sites (tertiary alicyclic amines) is 1. The molecule has 0 aromatic rings. The van der Waals surface area contributed by atoms with Crippen molar-refractivity contribution >= 4 is 29.1 Å². The van der Waals surface area contributed by atoms with Crippen LogP contribution < -0.4 is 5.32 Å². The minimum atomic E-state index is -0.941. The molecule has 0 unspecified atom stereocenters. The number of unbranched alkanes of at least 4 members (excludes halogenated alkanes) is 1. The molecule has 88 valence electrons. The van der Waals surface area contributed by atoms with E-state index in [-0.39, 0.29) is 5.91 Å². The molecule has 0 aliphatic carbocycles. The topological polar surface area (TPSA) is 32.3 Å². The third-order valence-electron chi connectivity index (χ3n) is 2.60. The van der Waals surface area contributed by atoms with E-state index in [1.807, 2.05) is 0 Å². The van der Waals surface area contributed by atoms with Gasteiger partial charge in [0.05, 0.1) is 0 Å². The van der Waals surface area contributed by atoms with Crippen LogP contribution in [0.4, 0.5) is 0 Å². The highest BCUT2D eigenvalue weighted by molar-refractivity contribution is 6.53. The number of nitrogens with zero attached hydrogens (tertiary/aromatic N) is 1. The number of nitrogens with one attached hydrogen (secondary N) is 1. The summed E-state index contributed by atoms with van der Waals surface area (Å²) in [5.74, 6) is -0.292. The molecule has 1 aliphatic rings. The highest BCUT2D eigenvalue weighted by Crippen LogP contribution is 2.08. The summed E-state index contributed by atoms with van der Waals surface area (Å²) in [6, 6.07) is 0. The second kappa shape index (κ2) is 7.31. The highest BCUT2D eigenvalue weighted by atomic mass is 35.5.